The van der Waals surface area contributed by atoms with Crippen LogP contribution in [0.2, 0.25) is 0 Å². The molecule has 0 unspecified atom stereocenters. The minimum Gasteiger partial charge on any atom is -0.450 e. The Morgan fingerprint density at radius 3 is 2.54 bits per heavy atom. The standard InChI is InChI=1S/C15H24N2O6S/c1-11-12(13(18)16-7-4-10-22-2)15(23-14(11)19)5-8-17(9-6-15)24(3,20)21/h4-10H2,1-3H3,(H,16,18). The van der Waals surface area contributed by atoms with Gasteiger partial charge in [0.25, 0.3) is 5.91 Å². The maximum absolute atomic E-state index is 12.5. The summed E-state index contributed by atoms with van der Waals surface area (Å²) in [7, 11) is -1.71. The van der Waals surface area contributed by atoms with E-state index in [4.69, 9.17) is 9.47 Å². The van der Waals surface area contributed by atoms with E-state index >= 15 is 0 Å². The predicted octanol–water partition coefficient (Wildman–Crippen LogP) is -0.193. The van der Waals surface area contributed by atoms with Gasteiger partial charge in [0, 0.05) is 51.8 Å². The van der Waals surface area contributed by atoms with Gasteiger partial charge in [-0.25, -0.2) is 17.5 Å². The molecule has 2 aliphatic heterocycles. The minimum absolute atomic E-state index is 0.222. The van der Waals surface area contributed by atoms with Gasteiger partial charge in [0.05, 0.1) is 11.8 Å². The van der Waals surface area contributed by atoms with Crippen molar-refractivity contribution < 1.29 is 27.5 Å². The van der Waals surface area contributed by atoms with Gasteiger partial charge < -0.3 is 14.8 Å². The molecule has 1 amide bonds. The van der Waals surface area contributed by atoms with Gasteiger partial charge in [0.2, 0.25) is 10.0 Å². The number of amides is 1. The summed E-state index contributed by atoms with van der Waals surface area (Å²) < 4.78 is 35.1. The molecule has 136 valence electrons. The first-order valence-electron chi connectivity index (χ1n) is 7.88. The van der Waals surface area contributed by atoms with Crippen molar-refractivity contribution >= 4 is 21.9 Å². The van der Waals surface area contributed by atoms with Crippen molar-refractivity contribution in [3.63, 3.8) is 0 Å². The third-order valence-electron chi connectivity index (χ3n) is 4.46. The summed E-state index contributed by atoms with van der Waals surface area (Å²) >= 11 is 0. The highest BCUT2D eigenvalue weighted by atomic mass is 32.2. The van der Waals surface area contributed by atoms with Crippen LogP contribution in [-0.4, -0.2) is 69.8 Å². The molecule has 2 heterocycles. The van der Waals surface area contributed by atoms with Crippen LogP contribution in [0.4, 0.5) is 0 Å². The lowest BCUT2D eigenvalue weighted by molar-refractivity contribution is -0.150. The summed E-state index contributed by atoms with van der Waals surface area (Å²) in [5.41, 5.74) is -0.390. The summed E-state index contributed by atoms with van der Waals surface area (Å²) in [6.07, 6.45) is 2.38. The fourth-order valence-corrected chi connectivity index (χ4v) is 4.01. The van der Waals surface area contributed by atoms with E-state index in [2.05, 4.69) is 5.32 Å². The average molecular weight is 360 g/mol. The lowest BCUT2D eigenvalue weighted by atomic mass is 9.83. The Labute approximate surface area is 142 Å². The smallest absolute Gasteiger partial charge is 0.335 e. The monoisotopic (exact) mass is 360 g/mol. The van der Waals surface area contributed by atoms with Crippen LogP contribution in [0.15, 0.2) is 11.1 Å². The van der Waals surface area contributed by atoms with Gasteiger partial charge >= 0.3 is 5.97 Å². The number of hydrogen-bond acceptors (Lipinski definition) is 6. The van der Waals surface area contributed by atoms with E-state index < -0.39 is 21.6 Å². The maximum Gasteiger partial charge on any atom is 0.335 e. The van der Waals surface area contributed by atoms with Gasteiger partial charge in [-0.2, -0.15) is 0 Å². The van der Waals surface area contributed by atoms with Crippen LogP contribution in [0, 0.1) is 0 Å². The van der Waals surface area contributed by atoms with Crippen molar-refractivity contribution in [1.29, 1.82) is 0 Å². The molecule has 0 atom stereocenters. The van der Waals surface area contributed by atoms with E-state index in [-0.39, 0.29) is 31.8 Å². The topological polar surface area (TPSA) is 102 Å². The van der Waals surface area contributed by atoms with Crippen LogP contribution < -0.4 is 5.32 Å². The number of esters is 1. The molecule has 0 aromatic heterocycles. The highest BCUT2D eigenvalue weighted by molar-refractivity contribution is 7.88. The fraction of sp³-hybridized carbons (Fsp3) is 0.733. The van der Waals surface area contributed by atoms with Crippen molar-refractivity contribution in [2.24, 2.45) is 0 Å². The third-order valence-corrected chi connectivity index (χ3v) is 5.77. The molecule has 0 aliphatic carbocycles. The lowest BCUT2D eigenvalue weighted by Crippen LogP contribution is -2.50. The first kappa shape index (κ1) is 18.9. The number of hydrogen-bond donors (Lipinski definition) is 1. The number of rotatable bonds is 6. The first-order chi connectivity index (χ1) is 11.2. The minimum atomic E-state index is -3.30. The molecule has 0 radical (unpaired) electrons. The van der Waals surface area contributed by atoms with E-state index in [1.807, 2.05) is 0 Å². The van der Waals surface area contributed by atoms with Crippen LogP contribution in [0.1, 0.15) is 26.2 Å². The Hall–Kier alpha value is -1.45. The zero-order chi connectivity index (χ0) is 18.0. The fourth-order valence-electron chi connectivity index (χ4n) is 3.16. The highest BCUT2D eigenvalue weighted by Gasteiger charge is 2.51. The number of nitrogens with one attached hydrogen (secondary N) is 1. The van der Waals surface area contributed by atoms with Crippen molar-refractivity contribution in [2.75, 3.05) is 39.6 Å². The molecule has 1 spiro atoms. The number of ether oxygens (including phenoxy) is 2. The summed E-state index contributed by atoms with van der Waals surface area (Å²) in [6, 6.07) is 0. The van der Waals surface area contributed by atoms with Crippen LogP contribution in [-0.2, 0) is 29.1 Å². The van der Waals surface area contributed by atoms with E-state index in [0.29, 0.717) is 30.7 Å². The Bertz CT molecular complexity index is 647. The number of sulfonamides is 1. The van der Waals surface area contributed by atoms with Gasteiger partial charge in [-0.05, 0) is 13.3 Å². The van der Waals surface area contributed by atoms with Gasteiger partial charge in [-0.15, -0.1) is 0 Å². The molecule has 1 fully saturated rings. The summed E-state index contributed by atoms with van der Waals surface area (Å²) in [4.78, 5) is 24.5. The Kier molecular flexibility index (Phi) is 5.67. The normalized spacial score (nSPS) is 21.2. The van der Waals surface area contributed by atoms with E-state index in [1.54, 1.807) is 14.0 Å². The van der Waals surface area contributed by atoms with Crippen LogP contribution in [0.3, 0.4) is 0 Å². The molecule has 0 aromatic rings. The average Bonchev–Trinajstić information content (AvgIpc) is 2.74. The maximum atomic E-state index is 12.5. The van der Waals surface area contributed by atoms with E-state index in [1.165, 1.54) is 4.31 Å². The van der Waals surface area contributed by atoms with E-state index in [9.17, 15) is 18.0 Å². The zero-order valence-corrected chi connectivity index (χ0v) is 15.1. The van der Waals surface area contributed by atoms with Gasteiger partial charge in [0.15, 0.2) is 0 Å². The molecule has 1 saturated heterocycles. The molecule has 0 saturated carbocycles. The molecule has 1 N–H and O–H groups in total. The molecule has 0 bridgehead atoms. The predicted molar refractivity (Wildman–Crippen MR) is 86.7 cm³/mol. The molecule has 8 nitrogen and oxygen atoms in total. The Morgan fingerprint density at radius 2 is 2.00 bits per heavy atom. The van der Waals surface area contributed by atoms with Crippen molar-refractivity contribution in [2.45, 2.75) is 31.8 Å². The number of methoxy groups -OCH3 is 1. The van der Waals surface area contributed by atoms with Gasteiger partial charge in [-0.3, -0.25) is 4.79 Å². The second-order valence-corrected chi connectivity index (χ2v) is 8.13. The Morgan fingerprint density at radius 1 is 1.38 bits per heavy atom. The van der Waals surface area contributed by atoms with Gasteiger partial charge in [-0.1, -0.05) is 0 Å². The van der Waals surface area contributed by atoms with Crippen LogP contribution >= 0.6 is 0 Å². The summed E-state index contributed by atoms with van der Waals surface area (Å²) in [5.74, 6) is -0.841. The van der Waals surface area contributed by atoms with Crippen LogP contribution in [0.5, 0.6) is 0 Å². The third kappa shape index (κ3) is 3.79. The molecule has 0 aromatic carbocycles. The largest absolute Gasteiger partial charge is 0.450 e. The van der Waals surface area contributed by atoms with Crippen LogP contribution in [0.25, 0.3) is 0 Å². The molecule has 2 rings (SSSR count). The quantitative estimate of drug-likeness (QED) is 0.520. The lowest BCUT2D eigenvalue weighted by Gasteiger charge is -2.38. The molecule has 24 heavy (non-hydrogen) atoms. The van der Waals surface area contributed by atoms with Crippen molar-refractivity contribution in [3.05, 3.63) is 11.1 Å². The number of carbonyl (C=O) groups excluding carboxylic acids is 2. The highest BCUT2D eigenvalue weighted by Crippen LogP contribution is 2.41. The molecular weight excluding hydrogens is 336 g/mol. The second-order valence-electron chi connectivity index (χ2n) is 6.15. The second kappa shape index (κ2) is 7.20. The van der Waals surface area contributed by atoms with Crippen molar-refractivity contribution in [3.8, 4) is 0 Å². The SMILES string of the molecule is COCCCNC(=O)C1=C(C)C(=O)OC12CCN(S(C)(=O)=O)CC2. The summed E-state index contributed by atoms with van der Waals surface area (Å²) in [5, 5.41) is 2.78. The van der Waals surface area contributed by atoms with Gasteiger partial charge in [0.1, 0.15) is 5.60 Å². The molecular formula is C15H24N2O6S. The number of nitrogens with zero attached hydrogens (tertiary/aromatic N) is 1. The van der Waals surface area contributed by atoms with Crippen molar-refractivity contribution in [1.82, 2.24) is 9.62 Å². The molecule has 9 heteroatoms. The first-order valence-corrected chi connectivity index (χ1v) is 9.73. The van der Waals surface area contributed by atoms with E-state index in [0.717, 1.165) is 6.26 Å². The zero-order valence-electron chi connectivity index (χ0n) is 14.3. The number of piperidine rings is 1. The Balaban J connectivity index is 2.13. The number of carbonyl (C=O) groups is 2. The molecule has 2 aliphatic rings. The summed E-state index contributed by atoms with van der Waals surface area (Å²) in [6.45, 7) is 2.98.